The van der Waals surface area contributed by atoms with Crippen LogP contribution >= 0.6 is 0 Å². The summed E-state index contributed by atoms with van der Waals surface area (Å²) in [4.78, 5) is 24.4. The van der Waals surface area contributed by atoms with Gasteiger partial charge in [0, 0.05) is 5.69 Å². The van der Waals surface area contributed by atoms with E-state index in [1.807, 2.05) is 32.0 Å². The molecule has 5 heteroatoms. The van der Waals surface area contributed by atoms with Gasteiger partial charge in [-0.25, -0.2) is 4.79 Å². The average Bonchev–Trinajstić information content (AvgIpc) is 2.57. The largest absolute Gasteiger partial charge is 0.449 e. The number of nitrogens with zero attached hydrogens (tertiary/aromatic N) is 1. The van der Waals surface area contributed by atoms with Crippen LogP contribution in [-0.4, -0.2) is 18.0 Å². The standard InChI is InChI=1S/C19H18N2O3/c1-12-4-5-13(2)17(10-12)19(23)24-14(3)18(22)21-16-8-6-15(11-20)7-9-16/h4-10,14H,1-3H3,(H,21,22)/t14-/m1/s1. The van der Waals surface area contributed by atoms with Crippen LogP contribution in [-0.2, 0) is 9.53 Å². The molecule has 0 fully saturated rings. The van der Waals surface area contributed by atoms with E-state index in [4.69, 9.17) is 10.00 Å². The highest BCUT2D eigenvalue weighted by molar-refractivity contribution is 5.97. The van der Waals surface area contributed by atoms with Crippen LogP contribution in [0.3, 0.4) is 0 Å². The molecule has 0 unspecified atom stereocenters. The fraction of sp³-hybridized carbons (Fsp3) is 0.211. The maximum absolute atomic E-state index is 12.2. The molecular formula is C19H18N2O3. The molecule has 0 spiro atoms. The van der Waals surface area contributed by atoms with E-state index in [1.165, 1.54) is 6.92 Å². The van der Waals surface area contributed by atoms with Crippen molar-refractivity contribution in [1.82, 2.24) is 0 Å². The van der Waals surface area contributed by atoms with E-state index in [2.05, 4.69) is 5.32 Å². The zero-order chi connectivity index (χ0) is 17.7. The third-order valence-corrected chi connectivity index (χ3v) is 3.55. The molecule has 2 rings (SSSR count). The molecule has 0 aromatic heterocycles. The van der Waals surface area contributed by atoms with Crippen LogP contribution in [0.15, 0.2) is 42.5 Å². The molecule has 1 atom stereocenters. The number of ether oxygens (including phenoxy) is 1. The number of amides is 1. The Morgan fingerprint density at radius 2 is 1.79 bits per heavy atom. The average molecular weight is 322 g/mol. The summed E-state index contributed by atoms with van der Waals surface area (Å²) in [6.45, 7) is 5.22. The lowest BCUT2D eigenvalue weighted by Gasteiger charge is -2.14. The normalized spacial score (nSPS) is 11.2. The zero-order valence-corrected chi connectivity index (χ0v) is 13.8. The van der Waals surface area contributed by atoms with Gasteiger partial charge in [0.2, 0.25) is 0 Å². The summed E-state index contributed by atoms with van der Waals surface area (Å²) in [7, 11) is 0. The summed E-state index contributed by atoms with van der Waals surface area (Å²) in [6, 6.07) is 13.9. The van der Waals surface area contributed by atoms with E-state index < -0.39 is 18.0 Å². The van der Waals surface area contributed by atoms with E-state index >= 15 is 0 Å². The highest BCUT2D eigenvalue weighted by Gasteiger charge is 2.20. The maximum Gasteiger partial charge on any atom is 0.339 e. The maximum atomic E-state index is 12.2. The van der Waals surface area contributed by atoms with Crippen molar-refractivity contribution in [3.63, 3.8) is 0 Å². The van der Waals surface area contributed by atoms with Gasteiger partial charge in [-0.05, 0) is 56.7 Å². The fourth-order valence-electron chi connectivity index (χ4n) is 2.11. The first-order valence-electron chi connectivity index (χ1n) is 7.50. The summed E-state index contributed by atoms with van der Waals surface area (Å²) in [5, 5.41) is 11.4. The SMILES string of the molecule is Cc1ccc(C)c(C(=O)O[C@H](C)C(=O)Nc2ccc(C#N)cc2)c1. The molecule has 122 valence electrons. The first kappa shape index (κ1) is 17.2. The molecule has 2 aromatic rings. The van der Waals surface area contributed by atoms with E-state index in [-0.39, 0.29) is 0 Å². The summed E-state index contributed by atoms with van der Waals surface area (Å²) in [5.41, 5.74) is 3.23. The first-order valence-corrected chi connectivity index (χ1v) is 7.50. The summed E-state index contributed by atoms with van der Waals surface area (Å²) >= 11 is 0. The molecule has 0 saturated carbocycles. The van der Waals surface area contributed by atoms with Crippen molar-refractivity contribution in [3.05, 3.63) is 64.7 Å². The second kappa shape index (κ2) is 7.42. The number of nitriles is 1. The second-order valence-corrected chi connectivity index (χ2v) is 5.54. The van der Waals surface area contributed by atoms with Crippen molar-refractivity contribution in [2.75, 3.05) is 5.32 Å². The van der Waals surface area contributed by atoms with Gasteiger partial charge in [-0.3, -0.25) is 4.79 Å². The Kier molecular flexibility index (Phi) is 5.33. The number of benzene rings is 2. The van der Waals surface area contributed by atoms with Crippen LogP contribution in [0, 0.1) is 25.2 Å². The van der Waals surface area contributed by atoms with Crippen molar-refractivity contribution in [3.8, 4) is 6.07 Å². The minimum atomic E-state index is -0.937. The smallest absolute Gasteiger partial charge is 0.339 e. The molecule has 1 amide bonds. The van der Waals surface area contributed by atoms with Crippen molar-refractivity contribution in [2.24, 2.45) is 0 Å². The zero-order valence-electron chi connectivity index (χ0n) is 13.8. The monoisotopic (exact) mass is 322 g/mol. The molecule has 0 heterocycles. The highest BCUT2D eigenvalue weighted by Crippen LogP contribution is 2.14. The number of rotatable bonds is 4. The molecule has 0 aliphatic carbocycles. The topological polar surface area (TPSA) is 79.2 Å². The van der Waals surface area contributed by atoms with Gasteiger partial charge in [0.15, 0.2) is 6.10 Å². The van der Waals surface area contributed by atoms with Crippen LogP contribution in [0.4, 0.5) is 5.69 Å². The predicted molar refractivity (Wildman–Crippen MR) is 90.6 cm³/mol. The number of esters is 1. The minimum absolute atomic E-state index is 0.432. The van der Waals surface area contributed by atoms with Crippen LogP contribution in [0.25, 0.3) is 0 Å². The fourth-order valence-corrected chi connectivity index (χ4v) is 2.11. The summed E-state index contributed by atoms with van der Waals surface area (Å²) < 4.78 is 5.25. The van der Waals surface area contributed by atoms with Crippen molar-refractivity contribution in [1.29, 1.82) is 5.26 Å². The van der Waals surface area contributed by atoms with Crippen LogP contribution < -0.4 is 5.32 Å². The Morgan fingerprint density at radius 3 is 2.42 bits per heavy atom. The third kappa shape index (κ3) is 4.20. The van der Waals surface area contributed by atoms with Crippen molar-refractivity contribution in [2.45, 2.75) is 26.9 Å². The van der Waals surface area contributed by atoms with Gasteiger partial charge >= 0.3 is 5.97 Å². The lowest BCUT2D eigenvalue weighted by molar-refractivity contribution is -0.123. The Hall–Kier alpha value is -3.13. The number of carbonyl (C=O) groups is 2. The number of hydrogen-bond donors (Lipinski definition) is 1. The molecule has 0 radical (unpaired) electrons. The van der Waals surface area contributed by atoms with Gasteiger partial charge in [-0.2, -0.15) is 5.26 Å². The molecule has 24 heavy (non-hydrogen) atoms. The Bertz CT molecular complexity index is 804. The molecule has 5 nitrogen and oxygen atoms in total. The molecule has 0 saturated heterocycles. The van der Waals surface area contributed by atoms with Crippen molar-refractivity contribution >= 4 is 17.6 Å². The van der Waals surface area contributed by atoms with Gasteiger partial charge in [0.1, 0.15) is 0 Å². The van der Waals surface area contributed by atoms with E-state index in [1.54, 1.807) is 30.3 Å². The molecule has 0 aliphatic rings. The lowest BCUT2D eigenvalue weighted by Crippen LogP contribution is -2.30. The van der Waals surface area contributed by atoms with Crippen LogP contribution in [0.1, 0.15) is 34.0 Å². The number of nitrogens with one attached hydrogen (secondary N) is 1. The first-order chi connectivity index (χ1) is 11.4. The number of aryl methyl sites for hydroxylation is 2. The molecule has 0 bridgehead atoms. The Labute approximate surface area is 140 Å². The molecular weight excluding hydrogens is 304 g/mol. The minimum Gasteiger partial charge on any atom is -0.449 e. The van der Waals surface area contributed by atoms with Gasteiger partial charge in [0.05, 0.1) is 17.2 Å². The number of anilines is 1. The van der Waals surface area contributed by atoms with E-state index in [9.17, 15) is 9.59 Å². The lowest BCUT2D eigenvalue weighted by atomic mass is 10.1. The third-order valence-electron chi connectivity index (χ3n) is 3.55. The van der Waals surface area contributed by atoms with E-state index in [0.717, 1.165) is 11.1 Å². The van der Waals surface area contributed by atoms with Crippen LogP contribution in [0.2, 0.25) is 0 Å². The Morgan fingerprint density at radius 1 is 1.12 bits per heavy atom. The predicted octanol–water partition coefficient (Wildman–Crippen LogP) is 3.36. The van der Waals surface area contributed by atoms with Gasteiger partial charge in [-0.1, -0.05) is 17.7 Å². The number of hydrogen-bond acceptors (Lipinski definition) is 4. The molecule has 2 aromatic carbocycles. The van der Waals surface area contributed by atoms with Gasteiger partial charge in [0.25, 0.3) is 5.91 Å². The van der Waals surface area contributed by atoms with Crippen molar-refractivity contribution < 1.29 is 14.3 Å². The quantitative estimate of drug-likeness (QED) is 0.875. The summed E-state index contributed by atoms with van der Waals surface area (Å²) in [6.07, 6.45) is -0.937. The number of carbonyl (C=O) groups excluding carboxylic acids is 2. The molecule has 1 N–H and O–H groups in total. The Balaban J connectivity index is 2.01. The molecule has 0 aliphatic heterocycles. The van der Waals surface area contributed by atoms with E-state index in [0.29, 0.717) is 16.8 Å². The van der Waals surface area contributed by atoms with Gasteiger partial charge in [-0.15, -0.1) is 0 Å². The highest BCUT2D eigenvalue weighted by atomic mass is 16.5. The second-order valence-electron chi connectivity index (χ2n) is 5.54. The van der Waals surface area contributed by atoms with Crippen LogP contribution in [0.5, 0.6) is 0 Å². The van der Waals surface area contributed by atoms with Gasteiger partial charge < -0.3 is 10.1 Å². The summed E-state index contributed by atoms with van der Waals surface area (Å²) in [5.74, 6) is -0.961.